The second kappa shape index (κ2) is 6.59. The number of nitrogens with zero attached hydrogens (tertiary/aromatic N) is 3. The average molecular weight is 263 g/mol. The zero-order chi connectivity index (χ0) is 14.4. The van der Waals surface area contributed by atoms with E-state index in [-0.39, 0.29) is 17.5 Å². The number of nitriles is 1. The lowest BCUT2D eigenvalue weighted by Gasteiger charge is -2.28. The van der Waals surface area contributed by atoms with Crippen LogP contribution in [-0.4, -0.2) is 24.6 Å². The van der Waals surface area contributed by atoms with Gasteiger partial charge in [-0.25, -0.2) is 0 Å². The number of para-hydroxylation sites is 1. The molecule has 0 aromatic heterocycles. The minimum atomic E-state index is -0.448. The lowest BCUT2D eigenvalue weighted by Crippen LogP contribution is -2.32. The molecule has 0 heterocycles. The van der Waals surface area contributed by atoms with Gasteiger partial charge in [-0.1, -0.05) is 6.07 Å². The fourth-order valence-corrected chi connectivity index (χ4v) is 1.92. The first-order valence-electron chi connectivity index (χ1n) is 5.98. The van der Waals surface area contributed by atoms with E-state index >= 15 is 0 Å². The topological polar surface area (TPSA) is 79.4 Å². The predicted octanol–water partition coefficient (Wildman–Crippen LogP) is 2.73. The quantitative estimate of drug-likeness (QED) is 0.582. The Morgan fingerprint density at radius 3 is 2.68 bits per heavy atom. The van der Waals surface area contributed by atoms with Crippen molar-refractivity contribution in [3.63, 3.8) is 0 Å². The molecule has 0 aliphatic rings. The third-order valence-electron chi connectivity index (χ3n) is 2.78. The number of hydrogen-bond donors (Lipinski definition) is 0. The molecular weight excluding hydrogens is 246 g/mol. The summed E-state index contributed by atoms with van der Waals surface area (Å²) in [6.07, 6.45) is 0.312. The highest BCUT2D eigenvalue weighted by Gasteiger charge is 2.25. The smallest absolute Gasteiger partial charge is 0.333 e. The molecule has 0 spiro atoms. The summed E-state index contributed by atoms with van der Waals surface area (Å²) in [5, 5.41) is 19.9. The number of ether oxygens (including phenoxy) is 1. The third-order valence-corrected chi connectivity index (χ3v) is 2.78. The molecule has 0 radical (unpaired) electrons. The van der Waals surface area contributed by atoms with Gasteiger partial charge in [0.2, 0.25) is 0 Å². The average Bonchev–Trinajstić information content (AvgIpc) is 2.38. The number of anilines is 1. The summed E-state index contributed by atoms with van der Waals surface area (Å²) in [4.78, 5) is 12.6. The van der Waals surface area contributed by atoms with Crippen molar-refractivity contribution in [1.29, 1.82) is 5.26 Å². The molecule has 0 unspecified atom stereocenters. The first-order valence-corrected chi connectivity index (χ1v) is 5.98. The van der Waals surface area contributed by atoms with Crippen molar-refractivity contribution in [2.24, 2.45) is 0 Å². The molecule has 0 fully saturated rings. The Hall–Kier alpha value is -2.29. The maximum Gasteiger partial charge on any atom is 0.333 e. The van der Waals surface area contributed by atoms with Crippen LogP contribution in [0.3, 0.4) is 0 Å². The Labute approximate surface area is 112 Å². The second-order valence-corrected chi connectivity index (χ2v) is 4.28. The molecule has 6 nitrogen and oxygen atoms in total. The summed E-state index contributed by atoms with van der Waals surface area (Å²) >= 11 is 0. The zero-order valence-electron chi connectivity index (χ0n) is 11.3. The van der Waals surface area contributed by atoms with Crippen LogP contribution in [0.1, 0.15) is 20.3 Å². The molecule has 1 aromatic rings. The van der Waals surface area contributed by atoms with Crippen LogP contribution in [0.15, 0.2) is 18.2 Å². The minimum Gasteiger partial charge on any atom is -0.490 e. The molecule has 19 heavy (non-hydrogen) atoms. The van der Waals surface area contributed by atoms with Crippen molar-refractivity contribution in [1.82, 2.24) is 0 Å². The fraction of sp³-hybridized carbons (Fsp3) is 0.462. The van der Waals surface area contributed by atoms with E-state index in [9.17, 15) is 10.1 Å². The SMILES string of the molecule is COc1cccc(N(CCC#N)C(C)C)c1[N+](=O)[O-]. The molecular formula is C13H17N3O3. The van der Waals surface area contributed by atoms with Crippen LogP contribution >= 0.6 is 0 Å². The highest BCUT2D eigenvalue weighted by molar-refractivity contribution is 5.70. The van der Waals surface area contributed by atoms with Gasteiger partial charge in [-0.2, -0.15) is 5.26 Å². The maximum absolute atomic E-state index is 11.2. The molecule has 0 saturated heterocycles. The van der Waals surface area contributed by atoms with E-state index in [2.05, 4.69) is 6.07 Å². The summed E-state index contributed by atoms with van der Waals surface area (Å²) in [5.74, 6) is 0.227. The van der Waals surface area contributed by atoms with E-state index in [0.29, 0.717) is 18.7 Å². The molecule has 0 atom stereocenters. The Morgan fingerprint density at radius 2 is 2.21 bits per heavy atom. The van der Waals surface area contributed by atoms with Gasteiger partial charge in [0.1, 0.15) is 5.69 Å². The van der Waals surface area contributed by atoms with Crippen LogP contribution < -0.4 is 9.64 Å². The minimum absolute atomic E-state index is 0.0548. The number of hydrogen-bond acceptors (Lipinski definition) is 5. The van der Waals surface area contributed by atoms with Gasteiger partial charge >= 0.3 is 5.69 Å². The van der Waals surface area contributed by atoms with Crippen LogP contribution in [-0.2, 0) is 0 Å². The fourth-order valence-electron chi connectivity index (χ4n) is 1.92. The van der Waals surface area contributed by atoms with Crippen LogP contribution in [0, 0.1) is 21.4 Å². The zero-order valence-corrected chi connectivity index (χ0v) is 11.3. The van der Waals surface area contributed by atoms with Crippen molar-refractivity contribution < 1.29 is 9.66 Å². The van der Waals surface area contributed by atoms with Gasteiger partial charge in [-0.3, -0.25) is 10.1 Å². The second-order valence-electron chi connectivity index (χ2n) is 4.28. The molecule has 0 saturated carbocycles. The van der Waals surface area contributed by atoms with E-state index in [0.717, 1.165) is 0 Å². The van der Waals surface area contributed by atoms with Crippen molar-refractivity contribution in [3.05, 3.63) is 28.3 Å². The van der Waals surface area contributed by atoms with Gasteiger partial charge in [0.05, 0.1) is 24.5 Å². The van der Waals surface area contributed by atoms with Crippen molar-refractivity contribution >= 4 is 11.4 Å². The summed E-state index contributed by atoms with van der Waals surface area (Å²) in [5.41, 5.74) is 0.422. The molecule has 0 aliphatic carbocycles. The Balaban J connectivity index is 3.30. The van der Waals surface area contributed by atoms with E-state index in [4.69, 9.17) is 10.00 Å². The summed E-state index contributed by atoms with van der Waals surface area (Å²) in [7, 11) is 1.40. The maximum atomic E-state index is 11.2. The van der Waals surface area contributed by atoms with Crippen LogP contribution in [0.4, 0.5) is 11.4 Å². The van der Waals surface area contributed by atoms with Crippen LogP contribution in [0.25, 0.3) is 0 Å². The molecule has 102 valence electrons. The Morgan fingerprint density at radius 1 is 1.53 bits per heavy atom. The number of benzene rings is 1. The number of nitro benzene ring substituents is 1. The first-order chi connectivity index (χ1) is 9.02. The van der Waals surface area contributed by atoms with E-state index < -0.39 is 4.92 Å². The standard InChI is InChI=1S/C13H17N3O3/c1-10(2)15(9-5-8-14)11-6-4-7-12(19-3)13(11)16(17)18/h4,6-7,10H,5,9H2,1-3H3. The normalized spacial score (nSPS) is 10.1. The van der Waals surface area contributed by atoms with Crippen LogP contribution in [0.2, 0.25) is 0 Å². The van der Waals surface area contributed by atoms with Gasteiger partial charge in [0, 0.05) is 12.6 Å². The number of rotatable bonds is 6. The van der Waals surface area contributed by atoms with Gasteiger partial charge < -0.3 is 9.64 Å². The summed E-state index contributed by atoms with van der Waals surface area (Å²) < 4.78 is 5.05. The van der Waals surface area contributed by atoms with Gasteiger partial charge in [-0.05, 0) is 26.0 Å². The molecule has 1 aromatic carbocycles. The van der Waals surface area contributed by atoms with Gasteiger partial charge in [-0.15, -0.1) is 0 Å². The summed E-state index contributed by atoms with van der Waals surface area (Å²) in [6, 6.07) is 7.06. The highest BCUT2D eigenvalue weighted by Crippen LogP contribution is 2.37. The van der Waals surface area contributed by atoms with Crippen molar-refractivity contribution in [2.75, 3.05) is 18.6 Å². The Kier molecular flexibility index (Phi) is 5.12. The van der Waals surface area contributed by atoms with Crippen molar-refractivity contribution in [3.8, 4) is 11.8 Å². The highest BCUT2D eigenvalue weighted by atomic mass is 16.6. The van der Waals surface area contributed by atoms with Crippen molar-refractivity contribution in [2.45, 2.75) is 26.3 Å². The largest absolute Gasteiger partial charge is 0.490 e. The molecule has 1 rings (SSSR count). The van der Waals surface area contributed by atoms with E-state index in [1.807, 2.05) is 18.7 Å². The van der Waals surface area contributed by atoms with E-state index in [1.165, 1.54) is 7.11 Å². The van der Waals surface area contributed by atoms with E-state index in [1.54, 1.807) is 18.2 Å². The van der Waals surface area contributed by atoms with Gasteiger partial charge in [0.15, 0.2) is 5.75 Å². The third kappa shape index (κ3) is 3.35. The molecule has 0 bridgehead atoms. The lowest BCUT2D eigenvalue weighted by atomic mass is 10.2. The molecule has 0 aliphatic heterocycles. The molecule has 0 N–H and O–H groups in total. The van der Waals surface area contributed by atoms with Crippen LogP contribution in [0.5, 0.6) is 5.75 Å². The first kappa shape index (κ1) is 14.8. The number of nitro groups is 1. The molecule has 6 heteroatoms. The van der Waals surface area contributed by atoms with Gasteiger partial charge in [0.25, 0.3) is 0 Å². The lowest BCUT2D eigenvalue weighted by molar-refractivity contribution is -0.385. The number of methoxy groups -OCH3 is 1. The summed E-state index contributed by atoms with van der Waals surface area (Å²) in [6.45, 7) is 4.31. The Bertz CT molecular complexity index is 494. The predicted molar refractivity (Wildman–Crippen MR) is 72.4 cm³/mol. The molecule has 0 amide bonds. The monoisotopic (exact) mass is 263 g/mol.